The number of aromatic hydroxyl groups is 2. The van der Waals surface area contributed by atoms with Crippen LogP contribution >= 0.6 is 0 Å². The molecule has 0 bridgehead atoms. The fraction of sp³-hybridized carbons (Fsp3) is 0.708. The van der Waals surface area contributed by atoms with Gasteiger partial charge in [-0.25, -0.2) is 0 Å². The zero-order chi connectivity index (χ0) is 57.6. The molecule has 3 saturated carbocycles. The molecule has 0 spiro atoms. The zero-order valence-electron chi connectivity index (χ0n) is 44.7. The third kappa shape index (κ3) is 17.0. The van der Waals surface area contributed by atoms with E-state index in [0.717, 1.165) is 34.8 Å². The second kappa shape index (κ2) is 29.1. The number of aromatic nitrogens is 2. The van der Waals surface area contributed by atoms with Gasteiger partial charge in [0.1, 0.15) is 49.1 Å². The average Bonchev–Trinajstić information content (AvgIpc) is 3.45. The number of aliphatic hydroxyl groups excluding tert-OH is 2. The van der Waals surface area contributed by atoms with Crippen molar-refractivity contribution in [3.05, 3.63) is 44.0 Å². The second-order valence-electron chi connectivity index (χ2n) is 21.0. The Balaban J connectivity index is 0.897. The normalized spacial score (nSPS) is 30.4. The van der Waals surface area contributed by atoms with Gasteiger partial charge >= 0.3 is 23.9 Å². The van der Waals surface area contributed by atoms with Gasteiger partial charge in [-0.3, -0.25) is 102 Å². The lowest BCUT2D eigenvalue weighted by Gasteiger charge is -2.43. The van der Waals surface area contributed by atoms with E-state index in [1.807, 2.05) is 0 Å². The molecule has 7 rings (SSSR count). The van der Waals surface area contributed by atoms with Crippen LogP contribution in [0, 0.1) is 37.5 Å². The molecular formula is C48H78N18O14. The maximum atomic E-state index is 13.1. The number of aliphatic carboxylic acids is 4. The summed E-state index contributed by atoms with van der Waals surface area (Å²) in [5, 5.41) is 137. The first-order chi connectivity index (χ1) is 38.3. The number of carbonyl (C=O) groups is 4. The summed E-state index contributed by atoms with van der Waals surface area (Å²) in [5.74, 6) is -8.94. The molecule has 2 saturated heterocycles. The van der Waals surface area contributed by atoms with Crippen molar-refractivity contribution in [2.45, 2.75) is 153 Å². The molecule has 5 fully saturated rings. The van der Waals surface area contributed by atoms with Gasteiger partial charge in [-0.1, -0.05) is 0 Å². The van der Waals surface area contributed by atoms with E-state index in [9.17, 15) is 69.6 Å². The van der Waals surface area contributed by atoms with Crippen molar-refractivity contribution in [1.29, 1.82) is 0 Å². The molecule has 2 aromatic rings. The van der Waals surface area contributed by atoms with E-state index in [0.29, 0.717) is 11.1 Å². The van der Waals surface area contributed by atoms with Crippen molar-refractivity contribution >= 4 is 35.3 Å². The Morgan fingerprint density at radius 3 is 1.10 bits per heavy atom. The summed E-state index contributed by atoms with van der Waals surface area (Å²) in [6, 6.07) is 1.38. The molecule has 0 amide bonds. The number of nitrogens with one attached hydrogen (secondary N) is 12. The minimum Gasteiger partial charge on any atom is -0.493 e. The summed E-state index contributed by atoms with van der Waals surface area (Å²) in [6.45, 7) is 3.93. The van der Waals surface area contributed by atoms with E-state index >= 15 is 0 Å². The highest BCUT2D eigenvalue weighted by Gasteiger charge is 2.39. The summed E-state index contributed by atoms with van der Waals surface area (Å²) in [5.41, 5.74) is -0.262. The minimum atomic E-state index is -1.11. The predicted octanol–water partition coefficient (Wildman–Crippen LogP) is -3.09. The first kappa shape index (κ1) is 61.6. The quantitative estimate of drug-likeness (QED) is 0.0415. The van der Waals surface area contributed by atoms with Gasteiger partial charge in [0.15, 0.2) is 0 Å². The van der Waals surface area contributed by atoms with Gasteiger partial charge in [0.05, 0.1) is 49.0 Å². The van der Waals surface area contributed by atoms with Crippen LogP contribution in [0.15, 0.2) is 42.2 Å². The van der Waals surface area contributed by atoms with Crippen LogP contribution in [0.2, 0.25) is 0 Å². The van der Waals surface area contributed by atoms with Crippen LogP contribution in [-0.4, -0.2) is 175 Å². The Morgan fingerprint density at radius 1 is 0.500 bits per heavy atom. The van der Waals surface area contributed by atoms with E-state index < -0.39 is 120 Å². The number of carboxylic acid groups (broad SMARTS) is 4. The van der Waals surface area contributed by atoms with Gasteiger partial charge in [-0.2, -0.15) is 10.2 Å². The number of aliphatic hydroxyl groups is 2. The molecule has 2 aliphatic heterocycles. The highest BCUT2D eigenvalue weighted by atomic mass is 16.4. The predicted molar refractivity (Wildman–Crippen MR) is 283 cm³/mol. The van der Waals surface area contributed by atoms with Crippen LogP contribution < -0.4 is 74.9 Å². The summed E-state index contributed by atoms with van der Waals surface area (Å²) in [6.07, 6.45) is 0.763. The van der Waals surface area contributed by atoms with Gasteiger partial charge in [0, 0.05) is 63.5 Å². The Hall–Kier alpha value is -5.98. The van der Waals surface area contributed by atoms with Crippen molar-refractivity contribution < 1.29 is 60.0 Å². The molecule has 80 heavy (non-hydrogen) atoms. The van der Waals surface area contributed by atoms with E-state index in [4.69, 9.17) is 0 Å². The monoisotopic (exact) mass is 1130 g/mol. The van der Waals surface area contributed by atoms with Crippen LogP contribution in [0.4, 0.5) is 11.4 Å². The number of aryl methyl sites for hydroxylation is 2. The standard InChI is InChI=1S/C48H78N18O14/c1-23-15-33(69)65(37(71)35(23)63-61-31-19-25(39(73)74)17-26(20-31)40(75)76)11-7-49-43-55-45(51-9-13-67)59-47(57-43)53-29-3-5-30(6-4-29)54-48-58-44(56-46(60-48)52-10-14-68)50-8-12-66-34(70)16-24(2)36(38(66)72)64-62-32-21-27(41(77)78)18-28(22-32)42(79)80/h15-16,25-32,43-60,67-68,71-72H,3-14,17-22H2,1-2H3,(H,73,74)(H,75,76)(H,77,78)(H,79,80). The third-order valence-corrected chi connectivity index (χ3v) is 15.1. The van der Waals surface area contributed by atoms with Crippen molar-refractivity contribution in [1.82, 2.24) is 72.9 Å². The molecule has 32 nitrogen and oxygen atoms in total. The van der Waals surface area contributed by atoms with E-state index in [2.05, 4.69) is 84.3 Å². The van der Waals surface area contributed by atoms with Gasteiger partial charge in [0.25, 0.3) is 11.1 Å². The van der Waals surface area contributed by atoms with Crippen molar-refractivity contribution in [3.8, 4) is 11.8 Å². The van der Waals surface area contributed by atoms with Crippen LogP contribution in [0.1, 0.15) is 75.3 Å². The number of pyridine rings is 2. The Kier molecular flexibility index (Phi) is 22.4. The molecule has 2 aromatic heterocycles. The van der Waals surface area contributed by atoms with E-state index in [1.165, 1.54) is 12.1 Å². The molecule has 3 aliphatic carbocycles. The molecule has 444 valence electrons. The van der Waals surface area contributed by atoms with Crippen molar-refractivity contribution in [2.24, 2.45) is 44.1 Å². The number of azo groups is 2. The fourth-order valence-electron chi connectivity index (χ4n) is 10.9. The molecule has 0 radical (unpaired) electrons. The summed E-state index contributed by atoms with van der Waals surface area (Å²) >= 11 is 0. The van der Waals surface area contributed by atoms with Gasteiger partial charge in [-0.15, -0.1) is 10.2 Å². The van der Waals surface area contributed by atoms with E-state index in [1.54, 1.807) is 13.8 Å². The maximum Gasteiger partial charge on any atom is 0.306 e. The summed E-state index contributed by atoms with van der Waals surface area (Å²) in [7, 11) is 0. The molecule has 5 aliphatic rings. The third-order valence-electron chi connectivity index (χ3n) is 15.1. The summed E-state index contributed by atoms with van der Waals surface area (Å²) in [4.78, 5) is 73.1. The molecule has 10 unspecified atom stereocenters. The molecule has 4 heterocycles. The number of carboxylic acids is 4. The van der Waals surface area contributed by atoms with Crippen molar-refractivity contribution in [2.75, 3.05) is 39.4 Å². The van der Waals surface area contributed by atoms with Crippen LogP contribution in [-0.2, 0) is 32.3 Å². The minimum absolute atomic E-state index is 0.00931. The highest BCUT2D eigenvalue weighted by Crippen LogP contribution is 2.36. The van der Waals surface area contributed by atoms with Gasteiger partial charge in [-0.05, 0) is 89.2 Å². The molecule has 10 atom stereocenters. The molecule has 20 N–H and O–H groups in total. The smallest absolute Gasteiger partial charge is 0.306 e. The van der Waals surface area contributed by atoms with Crippen LogP contribution in [0.3, 0.4) is 0 Å². The number of nitrogens with zero attached hydrogens (tertiary/aromatic N) is 6. The number of rotatable bonds is 26. The second-order valence-corrected chi connectivity index (χ2v) is 21.0. The van der Waals surface area contributed by atoms with Gasteiger partial charge < -0.3 is 40.9 Å². The van der Waals surface area contributed by atoms with E-state index in [-0.39, 0.29) is 114 Å². The largest absolute Gasteiger partial charge is 0.493 e. The Morgan fingerprint density at radius 2 is 0.800 bits per heavy atom. The van der Waals surface area contributed by atoms with Gasteiger partial charge in [0.2, 0.25) is 11.8 Å². The Labute approximate surface area is 459 Å². The zero-order valence-corrected chi connectivity index (χ0v) is 44.7. The van der Waals surface area contributed by atoms with Crippen molar-refractivity contribution in [3.63, 3.8) is 0 Å². The highest BCUT2D eigenvalue weighted by molar-refractivity contribution is 5.75. The first-order valence-corrected chi connectivity index (χ1v) is 27.1. The number of hydrogen-bond donors (Lipinski definition) is 20. The topological polar surface area (TPSA) is 468 Å². The summed E-state index contributed by atoms with van der Waals surface area (Å²) < 4.78 is 2.27. The van der Waals surface area contributed by atoms with Crippen LogP contribution in [0.5, 0.6) is 11.8 Å². The lowest BCUT2D eigenvalue weighted by molar-refractivity contribution is -0.150. The fourth-order valence-corrected chi connectivity index (χ4v) is 10.9. The molecule has 0 aromatic carbocycles. The lowest BCUT2D eigenvalue weighted by atomic mass is 9.79. The number of hydrogen-bond acceptors (Lipinski definition) is 26. The average molecular weight is 1130 g/mol. The molecular weight excluding hydrogens is 1050 g/mol. The Bertz CT molecular complexity index is 2420. The lowest BCUT2D eigenvalue weighted by Crippen LogP contribution is -2.78. The maximum absolute atomic E-state index is 13.1. The SMILES string of the molecule is Cc1cc(=O)n(CCNC2NC(NCCO)NC(NC3CCC(NC4NC(NCCO)NC(NCCn5c(O)c(N=NC6CC(C(=O)O)CC(C(=O)O)C6)c(C)cc5=O)N4)CC3)N2)c(O)c1N=NC1CC(C(=O)O)CC(C(=O)O)C1. The first-order valence-electron chi connectivity index (χ1n) is 27.1. The molecule has 32 heteroatoms. The van der Waals surface area contributed by atoms with Crippen LogP contribution in [0.25, 0.3) is 0 Å².